The van der Waals surface area contributed by atoms with Crippen molar-refractivity contribution in [2.45, 2.75) is 38.8 Å². The summed E-state index contributed by atoms with van der Waals surface area (Å²) in [6, 6.07) is 7.34. The van der Waals surface area contributed by atoms with Crippen molar-refractivity contribution in [3.05, 3.63) is 53.4 Å². The van der Waals surface area contributed by atoms with Crippen molar-refractivity contribution in [1.29, 1.82) is 0 Å². The van der Waals surface area contributed by atoms with Crippen molar-refractivity contribution >= 4 is 23.4 Å². The van der Waals surface area contributed by atoms with Gasteiger partial charge in [0.1, 0.15) is 11.9 Å². The Morgan fingerprint density at radius 2 is 1.82 bits per heavy atom. The van der Waals surface area contributed by atoms with Crippen LogP contribution >= 0.6 is 0 Å². The third-order valence-electron chi connectivity index (χ3n) is 5.21. The molecule has 1 atom stereocenters. The molecule has 0 saturated heterocycles. The minimum absolute atomic E-state index is 0.237. The number of amides is 1. The Labute approximate surface area is 201 Å². The number of benzene rings is 1. The molecular weight excluding hydrogens is 434 g/mol. The van der Waals surface area contributed by atoms with Crippen LogP contribution in [0.3, 0.4) is 0 Å². The van der Waals surface area contributed by atoms with Crippen LogP contribution in [0, 0.1) is 0 Å². The predicted octanol–water partition coefficient (Wildman–Crippen LogP) is 0.805. The van der Waals surface area contributed by atoms with Gasteiger partial charge in [-0.2, -0.15) is 4.99 Å². The molecule has 0 aliphatic carbocycles. The van der Waals surface area contributed by atoms with E-state index in [1.807, 2.05) is 12.1 Å². The monoisotopic (exact) mass is 471 g/mol. The third kappa shape index (κ3) is 9.06. The van der Waals surface area contributed by atoms with E-state index < -0.39 is 12.0 Å². The number of aliphatic imine (C=N–C) groups is 1. The molecule has 0 aromatic heterocycles. The Hall–Kier alpha value is -3.05. The van der Waals surface area contributed by atoms with E-state index in [1.54, 1.807) is 12.3 Å². The van der Waals surface area contributed by atoms with Crippen LogP contribution in [0.4, 0.5) is 5.69 Å². The number of nitrogens with two attached hydrogens (primary N) is 3. The topological polar surface area (TPSA) is 161 Å². The first-order chi connectivity index (χ1) is 16.4. The van der Waals surface area contributed by atoms with E-state index in [0.29, 0.717) is 30.2 Å². The zero-order valence-corrected chi connectivity index (χ0v) is 20.0. The number of hydrogen-bond acceptors (Lipinski definition) is 8. The number of esters is 1. The first kappa shape index (κ1) is 27.2. The van der Waals surface area contributed by atoms with Crippen LogP contribution in [0.2, 0.25) is 0 Å². The van der Waals surface area contributed by atoms with Crippen molar-refractivity contribution in [1.82, 2.24) is 10.2 Å². The Morgan fingerprint density at radius 3 is 2.38 bits per heavy atom. The van der Waals surface area contributed by atoms with Gasteiger partial charge in [-0.25, -0.2) is 0 Å². The molecule has 0 fully saturated rings. The minimum Gasteiger partial charge on any atom is -0.468 e. The molecule has 1 amide bonds. The molecule has 1 heterocycles. The first-order valence-electron chi connectivity index (χ1n) is 11.4. The molecule has 1 aromatic carbocycles. The lowest BCUT2D eigenvalue weighted by Crippen LogP contribution is -2.34. The molecule has 1 aromatic rings. The zero-order chi connectivity index (χ0) is 24.9. The Balaban J connectivity index is 2.07. The van der Waals surface area contributed by atoms with E-state index >= 15 is 0 Å². The lowest BCUT2D eigenvalue weighted by Gasteiger charge is -2.22. The van der Waals surface area contributed by atoms with Crippen molar-refractivity contribution in [2.75, 3.05) is 38.6 Å². The summed E-state index contributed by atoms with van der Waals surface area (Å²) < 4.78 is 4.67. The van der Waals surface area contributed by atoms with Gasteiger partial charge in [0, 0.05) is 43.0 Å². The fourth-order valence-corrected chi connectivity index (χ4v) is 3.48. The molecule has 0 saturated carbocycles. The molecular formula is C24H37N7O3. The first-order valence-corrected chi connectivity index (χ1v) is 11.4. The van der Waals surface area contributed by atoms with Crippen LogP contribution in [0.1, 0.15) is 31.7 Å². The average Bonchev–Trinajstić information content (AvgIpc) is 3.19. The largest absolute Gasteiger partial charge is 0.468 e. The number of ether oxygens (including phenoxy) is 1. The van der Waals surface area contributed by atoms with Crippen LogP contribution in [-0.4, -0.2) is 61.9 Å². The van der Waals surface area contributed by atoms with Gasteiger partial charge in [0.2, 0.25) is 5.91 Å². The molecule has 1 unspecified atom stereocenters. The normalized spacial score (nSPS) is 16.5. The summed E-state index contributed by atoms with van der Waals surface area (Å²) in [4.78, 5) is 29.5. The molecule has 0 spiro atoms. The molecule has 8 N–H and O–H groups in total. The second-order valence-electron chi connectivity index (χ2n) is 8.11. The van der Waals surface area contributed by atoms with E-state index in [0.717, 1.165) is 38.2 Å². The maximum absolute atomic E-state index is 11.6. The molecule has 1 aliphatic heterocycles. The second-order valence-corrected chi connectivity index (χ2v) is 8.11. The molecule has 2 rings (SSSR count). The highest BCUT2D eigenvalue weighted by molar-refractivity contribution is 6.09. The number of hydrogen-bond donors (Lipinski definition) is 5. The Bertz CT molecular complexity index is 902. The average molecular weight is 472 g/mol. The minimum atomic E-state index is -0.809. The van der Waals surface area contributed by atoms with Gasteiger partial charge < -0.3 is 32.6 Å². The molecule has 10 heteroatoms. The number of rotatable bonds is 13. The summed E-state index contributed by atoms with van der Waals surface area (Å²) in [5.74, 6) is -0.439. The van der Waals surface area contributed by atoms with Gasteiger partial charge in [-0.15, -0.1) is 0 Å². The van der Waals surface area contributed by atoms with Gasteiger partial charge in [-0.3, -0.25) is 14.5 Å². The van der Waals surface area contributed by atoms with Gasteiger partial charge in [0.25, 0.3) is 0 Å². The van der Waals surface area contributed by atoms with Gasteiger partial charge in [-0.1, -0.05) is 12.1 Å². The molecule has 186 valence electrons. The zero-order valence-electron chi connectivity index (χ0n) is 20.0. The van der Waals surface area contributed by atoms with E-state index in [2.05, 4.69) is 37.4 Å². The Morgan fingerprint density at radius 1 is 1.18 bits per heavy atom. The summed E-state index contributed by atoms with van der Waals surface area (Å²) >= 11 is 0. The SMILES string of the molecule is COC(=O)C(N)CC1=CC(=C/Nc2ccc(CN(CCCN)CCCN)cc2)/C(=N\C(C)=O)N1. The summed E-state index contributed by atoms with van der Waals surface area (Å²) in [5.41, 5.74) is 20.6. The second kappa shape index (κ2) is 14.3. The van der Waals surface area contributed by atoms with Gasteiger partial charge in [-0.05, 0) is 62.8 Å². The van der Waals surface area contributed by atoms with E-state index in [9.17, 15) is 9.59 Å². The van der Waals surface area contributed by atoms with Crippen molar-refractivity contribution in [3.63, 3.8) is 0 Å². The summed E-state index contributed by atoms with van der Waals surface area (Å²) in [5, 5.41) is 6.29. The molecule has 0 radical (unpaired) electrons. The number of nitrogens with one attached hydrogen (secondary N) is 2. The third-order valence-corrected chi connectivity index (χ3v) is 5.21. The predicted molar refractivity (Wildman–Crippen MR) is 135 cm³/mol. The van der Waals surface area contributed by atoms with E-state index in [1.165, 1.54) is 19.6 Å². The van der Waals surface area contributed by atoms with E-state index in [4.69, 9.17) is 17.2 Å². The number of amidine groups is 1. The summed E-state index contributed by atoms with van der Waals surface area (Å²) in [6.45, 7) is 5.45. The highest BCUT2D eigenvalue weighted by atomic mass is 16.5. The van der Waals surface area contributed by atoms with Crippen molar-refractivity contribution in [2.24, 2.45) is 22.2 Å². The smallest absolute Gasteiger partial charge is 0.323 e. The summed E-state index contributed by atoms with van der Waals surface area (Å²) in [7, 11) is 1.29. The van der Waals surface area contributed by atoms with Gasteiger partial charge in [0.05, 0.1) is 7.11 Å². The maximum Gasteiger partial charge on any atom is 0.323 e. The fourth-order valence-electron chi connectivity index (χ4n) is 3.48. The van der Waals surface area contributed by atoms with Crippen LogP contribution < -0.4 is 27.8 Å². The molecule has 34 heavy (non-hydrogen) atoms. The van der Waals surface area contributed by atoms with Crippen LogP contribution in [0.25, 0.3) is 0 Å². The number of anilines is 1. The van der Waals surface area contributed by atoms with Gasteiger partial charge in [0.15, 0.2) is 0 Å². The number of carbonyl (C=O) groups excluding carboxylic acids is 2. The molecule has 0 bridgehead atoms. The lowest BCUT2D eigenvalue weighted by molar-refractivity contribution is -0.142. The van der Waals surface area contributed by atoms with Crippen LogP contribution in [-0.2, 0) is 20.9 Å². The number of methoxy groups -OCH3 is 1. The quantitative estimate of drug-likeness (QED) is 0.262. The van der Waals surface area contributed by atoms with Crippen molar-refractivity contribution in [3.8, 4) is 0 Å². The number of nitrogens with zero attached hydrogens (tertiary/aromatic N) is 2. The van der Waals surface area contributed by atoms with Crippen LogP contribution in [0.5, 0.6) is 0 Å². The Kier molecular flexibility index (Phi) is 11.4. The molecule has 1 aliphatic rings. The maximum atomic E-state index is 11.6. The van der Waals surface area contributed by atoms with Gasteiger partial charge >= 0.3 is 5.97 Å². The highest BCUT2D eigenvalue weighted by Gasteiger charge is 2.22. The summed E-state index contributed by atoms with van der Waals surface area (Å²) in [6.07, 6.45) is 5.71. The fraction of sp³-hybridized carbons (Fsp3) is 0.458. The van der Waals surface area contributed by atoms with E-state index in [-0.39, 0.29) is 12.3 Å². The van der Waals surface area contributed by atoms with Crippen molar-refractivity contribution < 1.29 is 14.3 Å². The lowest BCUT2D eigenvalue weighted by atomic mass is 10.1. The van der Waals surface area contributed by atoms with Crippen LogP contribution in [0.15, 0.2) is 52.8 Å². The number of carbonyl (C=O) groups is 2. The molecule has 10 nitrogen and oxygen atoms in total. The standard InChI is InChI=1S/C24H37N7O3/c1-17(32)29-23-19(13-21(30-23)14-22(27)24(33)34-2)15-28-20-7-5-18(6-8-20)16-31(11-3-9-25)12-4-10-26/h5-8,13,15,22,28H,3-4,9-12,14,16,25-27H2,1-2H3,(H,29,30,32)/b19-15-. The highest BCUT2D eigenvalue weighted by Crippen LogP contribution is 2.18.